The molecule has 2 aromatic carbocycles. The number of hydrogen-bond acceptors (Lipinski definition) is 1. The molecule has 0 fully saturated rings. The van der Waals surface area contributed by atoms with Gasteiger partial charge in [0, 0.05) is 6.04 Å². The van der Waals surface area contributed by atoms with Crippen LogP contribution in [0.15, 0.2) is 54.6 Å². The third-order valence-corrected chi connectivity index (χ3v) is 3.42. The average Bonchev–Trinajstić information content (AvgIpc) is 2.44. The molecule has 0 saturated heterocycles. The van der Waals surface area contributed by atoms with Crippen LogP contribution >= 0.6 is 0 Å². The van der Waals surface area contributed by atoms with E-state index in [2.05, 4.69) is 5.32 Å². The van der Waals surface area contributed by atoms with Crippen molar-refractivity contribution in [1.29, 1.82) is 0 Å². The molecule has 0 saturated carbocycles. The van der Waals surface area contributed by atoms with Gasteiger partial charge in [0.05, 0.1) is 0 Å². The van der Waals surface area contributed by atoms with E-state index in [4.69, 9.17) is 0 Å². The number of aryl methyl sites for hydroxylation is 1. The third-order valence-electron chi connectivity index (χ3n) is 3.42. The Balaban J connectivity index is 2.24. The van der Waals surface area contributed by atoms with E-state index < -0.39 is 18.3 Å². The second-order valence-corrected chi connectivity index (χ2v) is 5.19. The molecule has 0 aliphatic heterocycles. The highest BCUT2D eigenvalue weighted by Crippen LogP contribution is 2.34. The molecule has 1 N–H and O–H groups in total. The molecule has 2 aromatic rings. The summed E-state index contributed by atoms with van der Waals surface area (Å²) in [5, 5.41) is 2.69. The molecule has 0 aliphatic rings. The Kier molecular flexibility index (Phi) is 4.68. The normalized spacial score (nSPS) is 14.7. The highest BCUT2D eigenvalue weighted by atomic mass is 19.4. The second-order valence-electron chi connectivity index (χ2n) is 5.19. The summed E-state index contributed by atoms with van der Waals surface area (Å²) in [4.78, 5) is 0. The predicted molar refractivity (Wildman–Crippen MR) is 78.0 cm³/mol. The van der Waals surface area contributed by atoms with Gasteiger partial charge >= 0.3 is 6.18 Å². The molecule has 0 bridgehead atoms. The van der Waals surface area contributed by atoms with Gasteiger partial charge in [-0.05, 0) is 25.0 Å². The van der Waals surface area contributed by atoms with Gasteiger partial charge in [-0.25, -0.2) is 0 Å². The van der Waals surface area contributed by atoms with Gasteiger partial charge < -0.3 is 0 Å². The maximum Gasteiger partial charge on any atom is 0.407 e. The predicted octanol–water partition coefficient (Wildman–Crippen LogP) is 4.95. The molecule has 0 spiro atoms. The molecule has 21 heavy (non-hydrogen) atoms. The van der Waals surface area contributed by atoms with Gasteiger partial charge in [-0.2, -0.15) is 13.2 Å². The van der Waals surface area contributed by atoms with Crippen molar-refractivity contribution in [2.24, 2.45) is 0 Å². The Labute approximate surface area is 122 Å². The van der Waals surface area contributed by atoms with Crippen molar-refractivity contribution in [3.8, 4) is 0 Å². The van der Waals surface area contributed by atoms with E-state index in [1.54, 1.807) is 25.1 Å². The molecule has 0 aromatic heterocycles. The van der Waals surface area contributed by atoms with Gasteiger partial charge in [0.25, 0.3) is 0 Å². The van der Waals surface area contributed by atoms with E-state index in [1.807, 2.05) is 31.2 Å². The van der Waals surface area contributed by atoms with Crippen LogP contribution in [-0.4, -0.2) is 6.18 Å². The van der Waals surface area contributed by atoms with Crippen molar-refractivity contribution < 1.29 is 13.2 Å². The number of halogens is 3. The molecule has 0 aliphatic carbocycles. The molecule has 0 radical (unpaired) electrons. The van der Waals surface area contributed by atoms with Gasteiger partial charge in [0.2, 0.25) is 0 Å². The molecule has 1 unspecified atom stereocenters. The van der Waals surface area contributed by atoms with Gasteiger partial charge in [-0.3, -0.25) is 5.32 Å². The molecule has 2 rings (SSSR count). The molecular formula is C17H18F3N. The van der Waals surface area contributed by atoms with Gasteiger partial charge in [0.1, 0.15) is 6.04 Å². The first-order valence-electron chi connectivity index (χ1n) is 6.82. The van der Waals surface area contributed by atoms with Crippen LogP contribution in [0, 0.1) is 6.92 Å². The third kappa shape index (κ3) is 4.08. The summed E-state index contributed by atoms with van der Waals surface area (Å²) in [5.41, 5.74) is 2.11. The lowest BCUT2D eigenvalue weighted by atomic mass is 10.0. The lowest BCUT2D eigenvalue weighted by Gasteiger charge is -2.26. The molecule has 112 valence electrons. The highest BCUT2D eigenvalue weighted by molar-refractivity contribution is 5.26. The SMILES string of the molecule is Cc1cccc([C@H](C)NC(c2ccccc2)C(F)(F)F)c1. The van der Waals surface area contributed by atoms with Gasteiger partial charge in [0.15, 0.2) is 0 Å². The van der Waals surface area contributed by atoms with E-state index in [-0.39, 0.29) is 5.56 Å². The molecule has 0 heterocycles. The lowest BCUT2D eigenvalue weighted by molar-refractivity contribution is -0.159. The van der Waals surface area contributed by atoms with Crippen LogP contribution in [0.2, 0.25) is 0 Å². The smallest absolute Gasteiger partial charge is 0.296 e. The summed E-state index contributed by atoms with van der Waals surface area (Å²) in [5.74, 6) is 0. The molecule has 4 heteroatoms. The number of hydrogen-bond donors (Lipinski definition) is 1. The Morgan fingerprint density at radius 2 is 1.52 bits per heavy atom. The topological polar surface area (TPSA) is 12.0 Å². The van der Waals surface area contributed by atoms with Crippen molar-refractivity contribution in [3.63, 3.8) is 0 Å². The minimum atomic E-state index is -4.33. The van der Waals surface area contributed by atoms with Crippen LogP contribution in [0.3, 0.4) is 0 Å². The van der Waals surface area contributed by atoms with Crippen LogP contribution in [0.5, 0.6) is 0 Å². The minimum Gasteiger partial charge on any atom is -0.296 e. The Morgan fingerprint density at radius 1 is 0.905 bits per heavy atom. The Hall–Kier alpha value is -1.81. The maximum atomic E-state index is 13.3. The highest BCUT2D eigenvalue weighted by Gasteiger charge is 2.41. The fourth-order valence-corrected chi connectivity index (χ4v) is 2.31. The van der Waals surface area contributed by atoms with Crippen LogP contribution in [0.4, 0.5) is 13.2 Å². The van der Waals surface area contributed by atoms with E-state index in [0.717, 1.165) is 11.1 Å². The van der Waals surface area contributed by atoms with Crippen molar-refractivity contribution in [2.75, 3.05) is 0 Å². The maximum absolute atomic E-state index is 13.3. The van der Waals surface area contributed by atoms with Gasteiger partial charge in [-0.15, -0.1) is 0 Å². The standard InChI is InChI=1S/C17H18F3N/c1-12-7-6-10-15(11-12)13(2)21-16(17(18,19)20)14-8-4-3-5-9-14/h3-11,13,16,21H,1-2H3/t13-,16?/m0/s1. The molecule has 0 amide bonds. The van der Waals surface area contributed by atoms with Crippen molar-refractivity contribution in [3.05, 3.63) is 71.3 Å². The summed E-state index contributed by atoms with van der Waals surface area (Å²) in [6, 6.07) is 13.4. The number of benzene rings is 2. The Bertz CT molecular complexity index is 578. The zero-order chi connectivity index (χ0) is 15.5. The monoisotopic (exact) mass is 293 g/mol. The second kappa shape index (κ2) is 6.31. The zero-order valence-corrected chi connectivity index (χ0v) is 12.0. The van der Waals surface area contributed by atoms with E-state index in [0.29, 0.717) is 0 Å². The largest absolute Gasteiger partial charge is 0.407 e. The summed E-state index contributed by atoms with van der Waals surface area (Å²) in [7, 11) is 0. The van der Waals surface area contributed by atoms with Gasteiger partial charge in [-0.1, -0.05) is 60.2 Å². The van der Waals surface area contributed by atoms with Crippen LogP contribution in [0.1, 0.15) is 35.7 Å². The van der Waals surface area contributed by atoms with Crippen molar-refractivity contribution >= 4 is 0 Å². The molecule has 1 nitrogen and oxygen atoms in total. The lowest BCUT2D eigenvalue weighted by Crippen LogP contribution is -2.35. The minimum absolute atomic E-state index is 0.226. The first-order valence-corrected chi connectivity index (χ1v) is 6.82. The van der Waals surface area contributed by atoms with Crippen molar-refractivity contribution in [1.82, 2.24) is 5.32 Å². The summed E-state index contributed by atoms with van der Waals surface area (Å²) in [6.45, 7) is 3.67. The fraction of sp³-hybridized carbons (Fsp3) is 0.294. The van der Waals surface area contributed by atoms with Crippen LogP contribution in [0.25, 0.3) is 0 Å². The quantitative estimate of drug-likeness (QED) is 0.841. The number of alkyl halides is 3. The van der Waals surface area contributed by atoms with Crippen LogP contribution < -0.4 is 5.32 Å². The van der Waals surface area contributed by atoms with E-state index in [9.17, 15) is 13.2 Å². The summed E-state index contributed by atoms with van der Waals surface area (Å²) >= 11 is 0. The molecular weight excluding hydrogens is 275 g/mol. The van der Waals surface area contributed by atoms with Crippen molar-refractivity contribution in [2.45, 2.75) is 32.1 Å². The Morgan fingerprint density at radius 3 is 2.10 bits per heavy atom. The van der Waals surface area contributed by atoms with Crippen LogP contribution in [-0.2, 0) is 0 Å². The summed E-state index contributed by atoms with van der Waals surface area (Å²) in [6.07, 6.45) is -4.33. The first kappa shape index (κ1) is 15.6. The average molecular weight is 293 g/mol. The first-order chi connectivity index (χ1) is 9.88. The fourth-order valence-electron chi connectivity index (χ4n) is 2.31. The zero-order valence-electron chi connectivity index (χ0n) is 12.0. The summed E-state index contributed by atoms with van der Waals surface area (Å²) < 4.78 is 39.9. The number of rotatable bonds is 4. The van der Waals surface area contributed by atoms with E-state index in [1.165, 1.54) is 12.1 Å². The number of nitrogens with one attached hydrogen (secondary N) is 1. The van der Waals surface area contributed by atoms with E-state index >= 15 is 0 Å². The molecule has 2 atom stereocenters.